The van der Waals surface area contributed by atoms with Gasteiger partial charge in [0, 0.05) is 5.69 Å². The van der Waals surface area contributed by atoms with Gasteiger partial charge in [0.2, 0.25) is 0 Å². The van der Waals surface area contributed by atoms with E-state index >= 15 is 0 Å². The molecule has 0 saturated carbocycles. The molecule has 0 heterocycles. The van der Waals surface area contributed by atoms with Gasteiger partial charge in [-0.25, -0.2) is 4.79 Å². The maximum absolute atomic E-state index is 11.6. The first kappa shape index (κ1) is 12.2. The summed E-state index contributed by atoms with van der Waals surface area (Å²) in [5.74, 6) is 0.259. The molecule has 0 aromatic heterocycles. The molecule has 0 aliphatic heterocycles. The zero-order valence-corrected chi connectivity index (χ0v) is 10.2. The highest BCUT2D eigenvalue weighted by Crippen LogP contribution is 2.10. The lowest BCUT2D eigenvalue weighted by Crippen LogP contribution is -2.19. The SMILES string of the molecule is Cc1ccc(NCC(=O)Oc2ccccc2)cc1. The molecule has 2 aromatic rings. The average Bonchev–Trinajstić information content (AvgIpc) is 2.39. The Morgan fingerprint density at radius 1 is 1.06 bits per heavy atom. The summed E-state index contributed by atoms with van der Waals surface area (Å²) in [5.41, 5.74) is 2.10. The number of aryl methyl sites for hydroxylation is 1. The molecule has 0 unspecified atom stereocenters. The molecule has 3 heteroatoms. The summed E-state index contributed by atoms with van der Waals surface area (Å²) < 4.78 is 5.16. The fourth-order valence-corrected chi connectivity index (χ4v) is 1.50. The number of nitrogens with one attached hydrogen (secondary N) is 1. The van der Waals surface area contributed by atoms with Crippen molar-refractivity contribution in [2.45, 2.75) is 6.92 Å². The van der Waals surface area contributed by atoms with Crippen LogP contribution in [0.2, 0.25) is 0 Å². The zero-order valence-electron chi connectivity index (χ0n) is 10.2. The number of benzene rings is 2. The van der Waals surface area contributed by atoms with E-state index in [0.717, 1.165) is 5.69 Å². The van der Waals surface area contributed by atoms with Crippen molar-refractivity contribution in [1.29, 1.82) is 0 Å². The van der Waals surface area contributed by atoms with Gasteiger partial charge < -0.3 is 10.1 Å². The van der Waals surface area contributed by atoms with Gasteiger partial charge in [0.05, 0.1) is 0 Å². The molecule has 92 valence electrons. The van der Waals surface area contributed by atoms with Crippen LogP contribution in [-0.4, -0.2) is 12.5 Å². The Morgan fingerprint density at radius 2 is 1.72 bits per heavy atom. The van der Waals surface area contributed by atoms with Gasteiger partial charge in [0.25, 0.3) is 0 Å². The molecule has 3 nitrogen and oxygen atoms in total. The molecule has 0 amide bonds. The molecule has 2 aromatic carbocycles. The van der Waals surface area contributed by atoms with Gasteiger partial charge in [-0.1, -0.05) is 35.9 Å². The van der Waals surface area contributed by atoms with Gasteiger partial charge in [0.1, 0.15) is 12.3 Å². The molecular formula is C15H15NO2. The highest BCUT2D eigenvalue weighted by atomic mass is 16.5. The van der Waals surface area contributed by atoms with Crippen LogP contribution < -0.4 is 10.1 Å². The van der Waals surface area contributed by atoms with Crippen LogP contribution in [0, 0.1) is 6.92 Å². The first-order chi connectivity index (χ1) is 8.74. The van der Waals surface area contributed by atoms with Gasteiger partial charge in [-0.05, 0) is 31.2 Å². The Hall–Kier alpha value is -2.29. The average molecular weight is 241 g/mol. The number of hydrogen-bond acceptors (Lipinski definition) is 3. The lowest BCUT2D eigenvalue weighted by molar-refractivity contribution is -0.132. The van der Waals surface area contributed by atoms with E-state index in [-0.39, 0.29) is 12.5 Å². The highest BCUT2D eigenvalue weighted by Gasteiger charge is 2.03. The number of carbonyl (C=O) groups is 1. The Balaban J connectivity index is 1.83. The Labute approximate surface area is 106 Å². The fourth-order valence-electron chi connectivity index (χ4n) is 1.50. The van der Waals surface area contributed by atoms with E-state index in [1.807, 2.05) is 49.4 Å². The van der Waals surface area contributed by atoms with Crippen molar-refractivity contribution in [3.8, 4) is 5.75 Å². The van der Waals surface area contributed by atoms with Crippen LogP contribution in [0.5, 0.6) is 5.75 Å². The molecule has 0 fully saturated rings. The fraction of sp³-hybridized carbons (Fsp3) is 0.133. The molecule has 0 aliphatic carbocycles. The van der Waals surface area contributed by atoms with E-state index < -0.39 is 0 Å². The quantitative estimate of drug-likeness (QED) is 0.660. The van der Waals surface area contributed by atoms with Crippen molar-refractivity contribution in [3.63, 3.8) is 0 Å². The zero-order chi connectivity index (χ0) is 12.8. The number of ether oxygens (including phenoxy) is 1. The minimum absolute atomic E-state index is 0.151. The minimum atomic E-state index is -0.304. The van der Waals surface area contributed by atoms with Gasteiger partial charge >= 0.3 is 5.97 Å². The van der Waals surface area contributed by atoms with Crippen molar-refractivity contribution in [2.75, 3.05) is 11.9 Å². The summed E-state index contributed by atoms with van der Waals surface area (Å²) in [5, 5.41) is 3.02. The Morgan fingerprint density at radius 3 is 2.39 bits per heavy atom. The van der Waals surface area contributed by atoms with Crippen molar-refractivity contribution >= 4 is 11.7 Å². The molecule has 1 N–H and O–H groups in total. The molecule has 0 saturated heterocycles. The van der Waals surface area contributed by atoms with Gasteiger partial charge in [0.15, 0.2) is 0 Å². The number of carbonyl (C=O) groups excluding carboxylic acids is 1. The third-order valence-corrected chi connectivity index (χ3v) is 2.46. The monoisotopic (exact) mass is 241 g/mol. The first-order valence-corrected chi connectivity index (χ1v) is 5.80. The van der Waals surface area contributed by atoms with Crippen LogP contribution in [-0.2, 0) is 4.79 Å². The topological polar surface area (TPSA) is 38.3 Å². The molecule has 18 heavy (non-hydrogen) atoms. The third kappa shape index (κ3) is 3.63. The van der Waals surface area contributed by atoms with E-state index in [1.165, 1.54) is 5.56 Å². The number of rotatable bonds is 4. The first-order valence-electron chi connectivity index (χ1n) is 5.80. The van der Waals surface area contributed by atoms with Gasteiger partial charge in [-0.2, -0.15) is 0 Å². The number of anilines is 1. The van der Waals surface area contributed by atoms with Gasteiger partial charge in [-0.3, -0.25) is 0 Å². The van der Waals surface area contributed by atoms with Crippen molar-refractivity contribution in [3.05, 3.63) is 60.2 Å². The number of esters is 1. The summed E-state index contributed by atoms with van der Waals surface area (Å²) in [6.07, 6.45) is 0. The number of para-hydroxylation sites is 1. The lowest BCUT2D eigenvalue weighted by Gasteiger charge is -2.07. The molecule has 2 rings (SSSR count). The standard InChI is InChI=1S/C15H15NO2/c1-12-7-9-13(10-8-12)16-11-15(17)18-14-5-3-2-4-6-14/h2-10,16H,11H2,1H3. The summed E-state index contributed by atoms with van der Waals surface area (Å²) >= 11 is 0. The van der Waals surface area contributed by atoms with Crippen LogP contribution >= 0.6 is 0 Å². The second kappa shape index (κ2) is 5.87. The summed E-state index contributed by atoms with van der Waals surface area (Å²) in [7, 11) is 0. The molecule has 0 atom stereocenters. The van der Waals surface area contributed by atoms with E-state index in [2.05, 4.69) is 5.32 Å². The largest absolute Gasteiger partial charge is 0.425 e. The van der Waals surface area contributed by atoms with Crippen LogP contribution in [0.4, 0.5) is 5.69 Å². The Bertz CT molecular complexity index is 506. The van der Waals surface area contributed by atoms with Crippen LogP contribution in [0.1, 0.15) is 5.56 Å². The van der Waals surface area contributed by atoms with Crippen molar-refractivity contribution < 1.29 is 9.53 Å². The van der Waals surface area contributed by atoms with Gasteiger partial charge in [-0.15, -0.1) is 0 Å². The molecule has 0 spiro atoms. The maximum Gasteiger partial charge on any atom is 0.330 e. The van der Waals surface area contributed by atoms with E-state index in [1.54, 1.807) is 12.1 Å². The van der Waals surface area contributed by atoms with Crippen molar-refractivity contribution in [1.82, 2.24) is 0 Å². The van der Waals surface area contributed by atoms with E-state index in [4.69, 9.17) is 4.74 Å². The second-order valence-electron chi connectivity index (χ2n) is 4.01. The smallest absolute Gasteiger partial charge is 0.330 e. The molecule has 0 aliphatic rings. The predicted octanol–water partition coefficient (Wildman–Crippen LogP) is 3.01. The Kier molecular flexibility index (Phi) is 3.97. The van der Waals surface area contributed by atoms with Crippen LogP contribution in [0.15, 0.2) is 54.6 Å². The molecule has 0 radical (unpaired) electrons. The number of hydrogen-bond donors (Lipinski definition) is 1. The third-order valence-electron chi connectivity index (χ3n) is 2.46. The highest BCUT2D eigenvalue weighted by molar-refractivity contribution is 5.77. The van der Waals surface area contributed by atoms with E-state index in [0.29, 0.717) is 5.75 Å². The lowest BCUT2D eigenvalue weighted by atomic mass is 10.2. The predicted molar refractivity (Wildman–Crippen MR) is 71.7 cm³/mol. The normalized spacial score (nSPS) is 9.83. The van der Waals surface area contributed by atoms with Crippen LogP contribution in [0.3, 0.4) is 0 Å². The maximum atomic E-state index is 11.6. The van der Waals surface area contributed by atoms with Crippen molar-refractivity contribution in [2.24, 2.45) is 0 Å². The van der Waals surface area contributed by atoms with E-state index in [9.17, 15) is 4.79 Å². The second-order valence-corrected chi connectivity index (χ2v) is 4.01. The summed E-state index contributed by atoms with van der Waals surface area (Å²) in [4.78, 5) is 11.6. The van der Waals surface area contributed by atoms with Crippen LogP contribution in [0.25, 0.3) is 0 Å². The minimum Gasteiger partial charge on any atom is -0.425 e. The molecular weight excluding hydrogens is 226 g/mol. The molecule has 0 bridgehead atoms. The summed E-state index contributed by atoms with van der Waals surface area (Å²) in [6.45, 7) is 2.17. The summed E-state index contributed by atoms with van der Waals surface area (Å²) in [6, 6.07) is 16.9.